The van der Waals surface area contributed by atoms with Gasteiger partial charge in [-0.05, 0) is 31.2 Å². The number of hydrogen-bond acceptors (Lipinski definition) is 4. The molecule has 0 saturated carbocycles. The highest BCUT2D eigenvalue weighted by atomic mass is 16.5. The number of aryl methyl sites for hydroxylation is 1. The summed E-state index contributed by atoms with van der Waals surface area (Å²) in [6.45, 7) is 3.07. The number of carbonyl (C=O) groups is 1. The molecule has 2 aromatic rings. The smallest absolute Gasteiger partial charge is 0.344 e. The molecule has 0 aliphatic heterocycles. The first-order chi connectivity index (χ1) is 11.6. The summed E-state index contributed by atoms with van der Waals surface area (Å²) in [4.78, 5) is 11.3. The molecule has 0 aliphatic rings. The van der Waals surface area contributed by atoms with E-state index < -0.39 is 12.1 Å². The van der Waals surface area contributed by atoms with Gasteiger partial charge in [-0.2, -0.15) is 0 Å². The second kappa shape index (κ2) is 9.57. The van der Waals surface area contributed by atoms with E-state index in [1.54, 1.807) is 12.1 Å². The summed E-state index contributed by atoms with van der Waals surface area (Å²) in [6.07, 6.45) is -0.656. The zero-order valence-corrected chi connectivity index (χ0v) is 13.7. The van der Waals surface area contributed by atoms with Crippen LogP contribution in [0.15, 0.2) is 54.6 Å². The third kappa shape index (κ3) is 6.30. The van der Waals surface area contributed by atoms with E-state index in [4.69, 9.17) is 14.2 Å². The van der Waals surface area contributed by atoms with Crippen molar-refractivity contribution in [2.45, 2.75) is 19.4 Å². The van der Waals surface area contributed by atoms with Crippen molar-refractivity contribution in [1.82, 2.24) is 0 Å². The van der Waals surface area contributed by atoms with Crippen LogP contribution in [0.4, 0.5) is 0 Å². The fraction of sp³-hybridized carbons (Fsp3) is 0.316. The Hall–Kier alpha value is -2.53. The third-order valence-corrected chi connectivity index (χ3v) is 3.34. The minimum absolute atomic E-state index is 0.272. The van der Waals surface area contributed by atoms with Crippen LogP contribution < -0.4 is 9.47 Å². The average Bonchev–Trinajstić information content (AvgIpc) is 2.59. The Labute approximate surface area is 141 Å². The van der Waals surface area contributed by atoms with Crippen LogP contribution in [-0.2, 0) is 9.53 Å². The van der Waals surface area contributed by atoms with Crippen molar-refractivity contribution in [1.29, 1.82) is 0 Å². The Morgan fingerprint density at radius 1 is 0.958 bits per heavy atom. The first-order valence-electron chi connectivity index (χ1n) is 7.87. The minimum atomic E-state index is -1.00. The number of aliphatic carboxylic acids is 1. The minimum Gasteiger partial charge on any atom is -0.491 e. The highest BCUT2D eigenvalue weighted by Gasteiger charge is 2.19. The number of carboxylic acid groups (broad SMARTS) is 1. The molecule has 0 aliphatic carbocycles. The summed E-state index contributed by atoms with van der Waals surface area (Å²) in [6, 6.07) is 16.7. The van der Waals surface area contributed by atoms with Crippen molar-refractivity contribution in [3.8, 4) is 11.5 Å². The zero-order valence-electron chi connectivity index (χ0n) is 13.7. The van der Waals surface area contributed by atoms with Crippen LogP contribution in [0, 0.1) is 6.92 Å². The third-order valence-electron chi connectivity index (χ3n) is 3.34. The molecule has 1 unspecified atom stereocenters. The first kappa shape index (κ1) is 17.8. The molecule has 5 heteroatoms. The fourth-order valence-electron chi connectivity index (χ4n) is 2.04. The van der Waals surface area contributed by atoms with E-state index in [0.29, 0.717) is 25.6 Å². The van der Waals surface area contributed by atoms with Gasteiger partial charge in [0.25, 0.3) is 0 Å². The van der Waals surface area contributed by atoms with Gasteiger partial charge in [0.15, 0.2) is 6.10 Å². The Bertz CT molecular complexity index is 609. The van der Waals surface area contributed by atoms with Gasteiger partial charge < -0.3 is 19.3 Å². The summed E-state index contributed by atoms with van der Waals surface area (Å²) < 4.78 is 16.4. The lowest BCUT2D eigenvalue weighted by Crippen LogP contribution is -2.28. The summed E-state index contributed by atoms with van der Waals surface area (Å²) in [7, 11) is 0. The molecule has 2 rings (SSSR count). The molecule has 0 amide bonds. The quantitative estimate of drug-likeness (QED) is 0.677. The Morgan fingerprint density at radius 3 is 2.33 bits per heavy atom. The van der Waals surface area contributed by atoms with Gasteiger partial charge in [-0.1, -0.05) is 35.9 Å². The number of carboxylic acids is 1. The topological polar surface area (TPSA) is 65.0 Å². The molecule has 0 spiro atoms. The van der Waals surface area contributed by atoms with E-state index in [1.807, 2.05) is 49.4 Å². The molecule has 24 heavy (non-hydrogen) atoms. The SMILES string of the molecule is Cc1ccc(OC(CCOCCOc2ccccc2)C(=O)O)cc1. The second-order valence-corrected chi connectivity index (χ2v) is 5.32. The van der Waals surface area contributed by atoms with Crippen LogP contribution in [0.1, 0.15) is 12.0 Å². The molecule has 2 aromatic carbocycles. The van der Waals surface area contributed by atoms with Crippen LogP contribution in [0.3, 0.4) is 0 Å². The zero-order chi connectivity index (χ0) is 17.2. The van der Waals surface area contributed by atoms with E-state index >= 15 is 0 Å². The van der Waals surface area contributed by atoms with Gasteiger partial charge >= 0.3 is 5.97 Å². The van der Waals surface area contributed by atoms with E-state index in [-0.39, 0.29) is 6.42 Å². The van der Waals surface area contributed by atoms with Crippen molar-refractivity contribution >= 4 is 5.97 Å². The largest absolute Gasteiger partial charge is 0.491 e. The highest BCUT2D eigenvalue weighted by molar-refractivity contribution is 5.72. The molecule has 0 bridgehead atoms. The maximum absolute atomic E-state index is 11.3. The summed E-state index contributed by atoms with van der Waals surface area (Å²) in [5, 5.41) is 9.24. The molecule has 128 valence electrons. The second-order valence-electron chi connectivity index (χ2n) is 5.32. The Balaban J connectivity index is 1.66. The van der Waals surface area contributed by atoms with E-state index in [9.17, 15) is 9.90 Å². The van der Waals surface area contributed by atoms with E-state index in [0.717, 1.165) is 11.3 Å². The predicted octanol–water partition coefficient (Wildman–Crippen LogP) is 3.31. The van der Waals surface area contributed by atoms with Gasteiger partial charge in [0.05, 0.1) is 13.2 Å². The molecule has 0 radical (unpaired) electrons. The van der Waals surface area contributed by atoms with Crippen molar-refractivity contribution in [2.75, 3.05) is 19.8 Å². The van der Waals surface area contributed by atoms with Crippen molar-refractivity contribution < 1.29 is 24.1 Å². The molecule has 0 aromatic heterocycles. The van der Waals surface area contributed by atoms with Gasteiger partial charge in [0.1, 0.15) is 18.1 Å². The maximum atomic E-state index is 11.3. The van der Waals surface area contributed by atoms with Crippen LogP contribution in [0.25, 0.3) is 0 Å². The van der Waals surface area contributed by atoms with Crippen LogP contribution >= 0.6 is 0 Å². The fourth-order valence-corrected chi connectivity index (χ4v) is 2.04. The van der Waals surface area contributed by atoms with Crippen LogP contribution in [0.5, 0.6) is 11.5 Å². The monoisotopic (exact) mass is 330 g/mol. The summed E-state index contributed by atoms with van der Waals surface area (Å²) in [5.41, 5.74) is 1.09. The normalized spacial score (nSPS) is 11.7. The summed E-state index contributed by atoms with van der Waals surface area (Å²) in [5.74, 6) is 0.326. The van der Waals surface area contributed by atoms with Gasteiger partial charge in [-0.3, -0.25) is 0 Å². The lowest BCUT2D eigenvalue weighted by Gasteiger charge is -2.15. The van der Waals surface area contributed by atoms with Gasteiger partial charge in [0.2, 0.25) is 0 Å². The van der Waals surface area contributed by atoms with Crippen LogP contribution in [0.2, 0.25) is 0 Å². The highest BCUT2D eigenvalue weighted by Crippen LogP contribution is 2.15. The van der Waals surface area contributed by atoms with Crippen molar-refractivity contribution in [2.24, 2.45) is 0 Å². The van der Waals surface area contributed by atoms with Gasteiger partial charge in [-0.15, -0.1) is 0 Å². The number of para-hydroxylation sites is 1. The lowest BCUT2D eigenvalue weighted by atomic mass is 10.2. The van der Waals surface area contributed by atoms with Crippen molar-refractivity contribution in [3.05, 3.63) is 60.2 Å². The molecule has 0 saturated heterocycles. The van der Waals surface area contributed by atoms with E-state index in [2.05, 4.69) is 0 Å². The standard InChI is InChI=1S/C19H22O5/c1-15-7-9-17(10-8-15)24-18(19(20)21)11-12-22-13-14-23-16-5-3-2-4-6-16/h2-10,18H,11-14H2,1H3,(H,20,21). The average molecular weight is 330 g/mol. The molecular weight excluding hydrogens is 308 g/mol. The number of hydrogen-bond donors (Lipinski definition) is 1. The summed E-state index contributed by atoms with van der Waals surface area (Å²) >= 11 is 0. The Kier molecular flexibility index (Phi) is 7.11. The number of benzene rings is 2. The van der Waals surface area contributed by atoms with Gasteiger partial charge in [-0.25, -0.2) is 4.79 Å². The molecule has 5 nitrogen and oxygen atoms in total. The van der Waals surface area contributed by atoms with Crippen LogP contribution in [-0.4, -0.2) is 37.0 Å². The predicted molar refractivity (Wildman–Crippen MR) is 90.6 cm³/mol. The molecular formula is C19H22O5. The molecule has 0 heterocycles. The van der Waals surface area contributed by atoms with E-state index in [1.165, 1.54) is 0 Å². The first-order valence-corrected chi connectivity index (χ1v) is 7.87. The van der Waals surface area contributed by atoms with Crippen molar-refractivity contribution in [3.63, 3.8) is 0 Å². The van der Waals surface area contributed by atoms with Gasteiger partial charge in [0, 0.05) is 6.42 Å². The number of ether oxygens (including phenoxy) is 3. The molecule has 1 N–H and O–H groups in total. The molecule has 0 fully saturated rings. The Morgan fingerprint density at radius 2 is 1.67 bits per heavy atom. The molecule has 1 atom stereocenters. The number of rotatable bonds is 10. The maximum Gasteiger partial charge on any atom is 0.344 e. The lowest BCUT2D eigenvalue weighted by molar-refractivity contribution is -0.146.